The molecule has 1 aliphatic rings. The molecule has 0 saturated carbocycles. The van der Waals surface area contributed by atoms with Gasteiger partial charge in [-0.15, -0.1) is 48.2 Å². The fourth-order valence-electron chi connectivity index (χ4n) is 1.92. The number of hydrogen-bond acceptors (Lipinski definition) is 0. The zero-order valence-electron chi connectivity index (χ0n) is 12.2. The molecule has 114 valence electrons. The summed E-state index contributed by atoms with van der Waals surface area (Å²) >= 11 is 0. The number of allylic oxidation sites excluding steroid dienone is 4. The third-order valence-electron chi connectivity index (χ3n) is 2.91. The summed E-state index contributed by atoms with van der Waals surface area (Å²) in [6.45, 7) is 4.00. The molecule has 0 radical (unpaired) electrons. The molecule has 0 bridgehead atoms. The van der Waals surface area contributed by atoms with Crippen LogP contribution in [0.1, 0.15) is 17.5 Å². The Bertz CT molecular complexity index is 595. The molecule has 0 spiro atoms. The van der Waals surface area contributed by atoms with Crippen LogP contribution in [0.4, 0.5) is 5.69 Å². The Labute approximate surface area is 160 Å². The van der Waals surface area contributed by atoms with E-state index in [-0.39, 0.29) is 46.5 Å². The minimum Gasteiger partial charge on any atom is -0.699 e. The smallest absolute Gasteiger partial charge is 0.699 e. The van der Waals surface area contributed by atoms with Crippen LogP contribution in [0.25, 0.3) is 11.3 Å². The maximum atomic E-state index is 7.00. The average Bonchev–Trinajstić information content (AvgIpc) is 2.95. The second kappa shape index (κ2) is 12.4. The van der Waals surface area contributed by atoms with Gasteiger partial charge in [-0.25, -0.2) is 0 Å². The second-order valence-corrected chi connectivity index (χ2v) is 4.35. The van der Waals surface area contributed by atoms with Crippen LogP contribution in [0.5, 0.6) is 0 Å². The van der Waals surface area contributed by atoms with E-state index in [0.29, 0.717) is 5.69 Å². The first-order valence-electron chi connectivity index (χ1n) is 6.31. The minimum atomic E-state index is 0. The van der Waals surface area contributed by atoms with Gasteiger partial charge in [0.2, 0.25) is 0 Å². The fourth-order valence-corrected chi connectivity index (χ4v) is 1.92. The van der Waals surface area contributed by atoms with E-state index in [1.54, 1.807) is 12.1 Å². The Morgan fingerprint density at radius 1 is 0.864 bits per heavy atom. The van der Waals surface area contributed by atoms with Crippen LogP contribution in [0.3, 0.4) is 0 Å². The van der Waals surface area contributed by atoms with Crippen LogP contribution in [0.15, 0.2) is 72.8 Å². The molecule has 1 N–H and O–H groups in total. The molecule has 4 heteroatoms. The van der Waals surface area contributed by atoms with Crippen molar-refractivity contribution in [2.24, 2.45) is 0 Å². The summed E-state index contributed by atoms with van der Waals surface area (Å²) in [7, 11) is 0. The van der Waals surface area contributed by atoms with E-state index >= 15 is 0 Å². The van der Waals surface area contributed by atoms with Crippen molar-refractivity contribution >= 4 is 36.1 Å². The monoisotopic (exact) mass is 367 g/mol. The van der Waals surface area contributed by atoms with Crippen molar-refractivity contribution in [1.29, 1.82) is 0 Å². The predicted molar refractivity (Wildman–Crippen MR) is 97.6 cm³/mol. The van der Waals surface area contributed by atoms with Gasteiger partial charge in [-0.3, -0.25) is 0 Å². The van der Waals surface area contributed by atoms with E-state index in [1.165, 1.54) is 11.1 Å². The molecular weight excluding hydrogens is 349 g/mol. The molecule has 2 aromatic carbocycles. The molecule has 3 rings (SSSR count). The SMILES string of the molecule is Cl.Cl.[CH2-]c1ccccc1C1=CC=CC1.[NH-]c1ccccc1.[Ti+2]. The van der Waals surface area contributed by atoms with Crippen molar-refractivity contribution in [3.63, 3.8) is 0 Å². The van der Waals surface area contributed by atoms with Gasteiger partial charge < -0.3 is 5.73 Å². The second-order valence-electron chi connectivity index (χ2n) is 4.35. The van der Waals surface area contributed by atoms with Crippen molar-refractivity contribution < 1.29 is 21.7 Å². The molecule has 0 saturated heterocycles. The molecule has 1 aliphatic carbocycles. The molecule has 0 unspecified atom stereocenters. The molecular formula is C18H19Cl2NTi. The predicted octanol–water partition coefficient (Wildman–Crippen LogP) is 6.42. The summed E-state index contributed by atoms with van der Waals surface area (Å²) in [4.78, 5) is 0. The van der Waals surface area contributed by atoms with Crippen molar-refractivity contribution in [3.05, 3.63) is 96.6 Å². The van der Waals surface area contributed by atoms with Gasteiger partial charge in [0.15, 0.2) is 0 Å². The van der Waals surface area contributed by atoms with E-state index in [9.17, 15) is 0 Å². The van der Waals surface area contributed by atoms with Gasteiger partial charge in [-0.05, 0) is 6.42 Å². The van der Waals surface area contributed by atoms with Gasteiger partial charge >= 0.3 is 21.7 Å². The summed E-state index contributed by atoms with van der Waals surface area (Å²) in [5.41, 5.74) is 11.3. The third-order valence-corrected chi connectivity index (χ3v) is 2.91. The van der Waals surface area contributed by atoms with E-state index in [1.807, 2.05) is 24.3 Å². The Morgan fingerprint density at radius 2 is 1.45 bits per heavy atom. The average molecular weight is 368 g/mol. The largest absolute Gasteiger partial charge is 2.00 e. The van der Waals surface area contributed by atoms with Gasteiger partial charge in [0, 0.05) is 0 Å². The molecule has 2 aromatic rings. The Balaban J connectivity index is 0. The Morgan fingerprint density at radius 3 is 1.91 bits per heavy atom. The van der Waals surface area contributed by atoms with Crippen LogP contribution < -0.4 is 0 Å². The molecule has 0 fully saturated rings. The molecule has 0 amide bonds. The molecule has 0 aliphatic heterocycles. The zero-order valence-corrected chi connectivity index (χ0v) is 15.4. The van der Waals surface area contributed by atoms with Crippen molar-refractivity contribution in [2.45, 2.75) is 6.42 Å². The minimum absolute atomic E-state index is 0. The first kappa shape index (κ1) is 23.2. The number of hydrogen-bond donors (Lipinski definition) is 0. The number of nitrogens with one attached hydrogen (secondary N) is 1. The summed E-state index contributed by atoms with van der Waals surface area (Å²) < 4.78 is 0. The first-order valence-corrected chi connectivity index (χ1v) is 6.31. The maximum absolute atomic E-state index is 7.00. The van der Waals surface area contributed by atoms with Crippen molar-refractivity contribution in [2.75, 3.05) is 0 Å². The van der Waals surface area contributed by atoms with E-state index in [0.717, 1.165) is 12.0 Å². The fraction of sp³-hybridized carbons (Fsp3) is 0.0556. The standard InChI is InChI=1S/C12H11.C6H6N.2ClH.Ti/c1-10-6-2-5-9-12(10)11-7-3-4-8-11;7-6-4-2-1-3-5-6;;;/h2-7,9H,1,8H2;1-5,7H;2*1H;/q2*-1;;;+2. The van der Waals surface area contributed by atoms with E-state index in [4.69, 9.17) is 5.73 Å². The van der Waals surface area contributed by atoms with Gasteiger partial charge in [0.25, 0.3) is 0 Å². The number of halogens is 2. The van der Waals surface area contributed by atoms with Crippen LogP contribution in [0, 0.1) is 6.92 Å². The molecule has 0 aromatic heterocycles. The quantitative estimate of drug-likeness (QED) is 0.410. The van der Waals surface area contributed by atoms with Crippen molar-refractivity contribution in [1.82, 2.24) is 0 Å². The molecule has 0 heterocycles. The molecule has 0 atom stereocenters. The van der Waals surface area contributed by atoms with Crippen LogP contribution in [-0.4, -0.2) is 0 Å². The normalized spacial score (nSPS) is 10.8. The van der Waals surface area contributed by atoms with Crippen LogP contribution in [-0.2, 0) is 21.7 Å². The van der Waals surface area contributed by atoms with Crippen molar-refractivity contribution in [3.8, 4) is 0 Å². The van der Waals surface area contributed by atoms with Gasteiger partial charge in [0.05, 0.1) is 0 Å². The van der Waals surface area contributed by atoms with E-state index in [2.05, 4.69) is 43.4 Å². The van der Waals surface area contributed by atoms with Gasteiger partial charge in [0.1, 0.15) is 0 Å². The van der Waals surface area contributed by atoms with Gasteiger partial charge in [-0.1, -0.05) is 60.2 Å². The summed E-state index contributed by atoms with van der Waals surface area (Å²) in [6.07, 6.45) is 7.47. The zero-order chi connectivity index (χ0) is 13.5. The van der Waals surface area contributed by atoms with Crippen LogP contribution in [0.2, 0.25) is 0 Å². The Hall–Kier alpha value is -1.12. The number of benzene rings is 2. The molecule has 22 heavy (non-hydrogen) atoms. The summed E-state index contributed by atoms with van der Waals surface area (Å²) in [5.74, 6) is 0. The summed E-state index contributed by atoms with van der Waals surface area (Å²) in [6, 6.07) is 17.4. The Kier molecular flexibility index (Phi) is 13.1. The third kappa shape index (κ3) is 7.24. The van der Waals surface area contributed by atoms with Crippen LogP contribution >= 0.6 is 24.8 Å². The summed E-state index contributed by atoms with van der Waals surface area (Å²) in [5, 5.41) is 0. The van der Waals surface area contributed by atoms with Gasteiger partial charge in [-0.2, -0.15) is 18.6 Å². The van der Waals surface area contributed by atoms with E-state index < -0.39 is 0 Å². The first-order chi connectivity index (χ1) is 9.27. The number of rotatable bonds is 1. The topological polar surface area (TPSA) is 23.8 Å². The molecule has 1 nitrogen and oxygen atoms in total. The maximum Gasteiger partial charge on any atom is 2.00 e.